The molecule has 2 heterocycles. The smallest absolute Gasteiger partial charge is 0.261 e. The predicted octanol–water partition coefficient (Wildman–Crippen LogP) is 5.57. The molecule has 0 spiro atoms. The van der Waals surface area contributed by atoms with Crippen LogP contribution in [-0.2, 0) is 6.54 Å². The maximum absolute atomic E-state index is 12.9. The predicted molar refractivity (Wildman–Crippen MR) is 122 cm³/mol. The summed E-state index contributed by atoms with van der Waals surface area (Å²) in [5.74, 6) is 2.20. The summed E-state index contributed by atoms with van der Waals surface area (Å²) in [7, 11) is 0. The van der Waals surface area contributed by atoms with Crippen molar-refractivity contribution < 1.29 is 9.47 Å². The molecule has 0 fully saturated rings. The zero-order valence-corrected chi connectivity index (χ0v) is 18.0. The van der Waals surface area contributed by atoms with Crippen LogP contribution >= 0.6 is 11.6 Å². The fourth-order valence-corrected chi connectivity index (χ4v) is 3.82. The van der Waals surface area contributed by atoms with E-state index in [1.165, 1.54) is 0 Å². The van der Waals surface area contributed by atoms with Gasteiger partial charge < -0.3 is 9.47 Å². The Kier molecular flexibility index (Phi) is 6.09. The molecule has 5 nitrogen and oxygen atoms in total. The van der Waals surface area contributed by atoms with Crippen LogP contribution in [0.5, 0.6) is 11.5 Å². The van der Waals surface area contributed by atoms with E-state index in [1.807, 2.05) is 25.1 Å². The maximum atomic E-state index is 12.9. The molecular weight excluding hydrogens is 400 g/mol. The van der Waals surface area contributed by atoms with Crippen molar-refractivity contribution in [3.05, 3.63) is 63.2 Å². The lowest BCUT2D eigenvalue weighted by molar-refractivity contribution is 0.272. The molecule has 1 aliphatic heterocycles. The maximum Gasteiger partial charge on any atom is 0.261 e. The van der Waals surface area contributed by atoms with E-state index >= 15 is 0 Å². The number of ether oxygens (including phenoxy) is 2. The van der Waals surface area contributed by atoms with Gasteiger partial charge >= 0.3 is 0 Å². The van der Waals surface area contributed by atoms with Gasteiger partial charge in [-0.1, -0.05) is 31.0 Å². The van der Waals surface area contributed by atoms with Gasteiger partial charge in [0.05, 0.1) is 24.1 Å². The largest absolute Gasteiger partial charge is 0.490 e. The van der Waals surface area contributed by atoms with E-state index in [0.29, 0.717) is 41.5 Å². The van der Waals surface area contributed by atoms with E-state index in [0.717, 1.165) is 41.9 Å². The number of allylic oxidation sites excluding steroid dienone is 1. The second-order valence-electron chi connectivity index (χ2n) is 7.31. The Bertz CT molecular complexity index is 1170. The van der Waals surface area contributed by atoms with Gasteiger partial charge in [-0.3, -0.25) is 9.36 Å². The molecule has 0 radical (unpaired) electrons. The van der Waals surface area contributed by atoms with Crippen LogP contribution in [0.2, 0.25) is 5.02 Å². The monoisotopic (exact) mass is 424 g/mol. The van der Waals surface area contributed by atoms with E-state index in [2.05, 4.69) is 13.0 Å². The number of unbranched alkanes of at least 4 members (excludes halogenated alkanes) is 1. The highest BCUT2D eigenvalue weighted by Gasteiger charge is 2.21. The molecule has 0 atom stereocenters. The van der Waals surface area contributed by atoms with Crippen LogP contribution in [0.15, 0.2) is 41.2 Å². The van der Waals surface area contributed by atoms with E-state index < -0.39 is 0 Å². The summed E-state index contributed by atoms with van der Waals surface area (Å²) in [6, 6.07) is 11.2. The lowest BCUT2D eigenvalue weighted by Gasteiger charge is -2.12. The number of rotatable bonds is 7. The Morgan fingerprint density at radius 1 is 1.13 bits per heavy atom. The third-order valence-electron chi connectivity index (χ3n) is 5.17. The molecule has 0 aliphatic carbocycles. The number of nitrogens with zero attached hydrogens (tertiary/aromatic N) is 2. The van der Waals surface area contributed by atoms with Crippen LogP contribution in [0.3, 0.4) is 0 Å². The standard InChI is InChI=1S/C24H25ClN2O3/c1-3-5-12-30-21-9-6-16(14-22(21)29-4-2)13-17-10-11-27-23(17)26-20-15-18(25)7-8-19(20)24(27)28/h6-9,13-15H,3-5,10-12H2,1-2H3/b17-13+. The van der Waals surface area contributed by atoms with Gasteiger partial charge in [0.1, 0.15) is 5.82 Å². The summed E-state index contributed by atoms with van der Waals surface area (Å²) in [6.45, 7) is 5.96. The second kappa shape index (κ2) is 8.92. The SMILES string of the molecule is CCCCOc1ccc(/C=C2\CCn3c2nc2cc(Cl)ccc2c3=O)cc1OCC. The molecular formula is C24H25ClN2O3. The highest BCUT2D eigenvalue weighted by Crippen LogP contribution is 2.32. The number of fused-ring (bicyclic) bond motifs is 2. The zero-order valence-electron chi connectivity index (χ0n) is 17.3. The molecule has 0 unspecified atom stereocenters. The first-order valence-corrected chi connectivity index (χ1v) is 10.8. The molecule has 0 saturated heterocycles. The molecule has 1 aliphatic rings. The van der Waals surface area contributed by atoms with Gasteiger partial charge in [-0.05, 0) is 67.3 Å². The van der Waals surface area contributed by atoms with Crippen molar-refractivity contribution >= 4 is 34.2 Å². The highest BCUT2D eigenvalue weighted by atomic mass is 35.5. The fourth-order valence-electron chi connectivity index (χ4n) is 3.66. The van der Waals surface area contributed by atoms with Crippen LogP contribution in [0.1, 0.15) is 44.5 Å². The summed E-state index contributed by atoms with van der Waals surface area (Å²) < 4.78 is 13.4. The minimum absolute atomic E-state index is 0.0234. The van der Waals surface area contributed by atoms with Crippen molar-refractivity contribution in [2.24, 2.45) is 0 Å². The van der Waals surface area contributed by atoms with E-state index in [-0.39, 0.29) is 5.56 Å². The van der Waals surface area contributed by atoms with Gasteiger partial charge in [0, 0.05) is 11.6 Å². The second-order valence-corrected chi connectivity index (χ2v) is 7.75. The summed E-state index contributed by atoms with van der Waals surface area (Å²) in [5.41, 5.74) is 2.62. The number of hydrogen-bond acceptors (Lipinski definition) is 4. The molecule has 0 amide bonds. The normalized spacial score (nSPS) is 14.3. The van der Waals surface area contributed by atoms with Crippen LogP contribution in [0.25, 0.3) is 22.6 Å². The molecule has 30 heavy (non-hydrogen) atoms. The Hall–Kier alpha value is -2.79. The van der Waals surface area contributed by atoms with E-state index in [4.69, 9.17) is 26.1 Å². The first-order chi connectivity index (χ1) is 14.6. The molecule has 0 saturated carbocycles. The molecule has 1 aromatic heterocycles. The van der Waals surface area contributed by atoms with E-state index in [1.54, 1.807) is 22.8 Å². The fraction of sp³-hybridized carbons (Fsp3) is 0.333. The highest BCUT2D eigenvalue weighted by molar-refractivity contribution is 6.31. The summed E-state index contributed by atoms with van der Waals surface area (Å²) >= 11 is 6.11. The minimum atomic E-state index is -0.0234. The van der Waals surface area contributed by atoms with Gasteiger partial charge in [-0.25, -0.2) is 4.98 Å². The molecule has 2 aromatic carbocycles. The Morgan fingerprint density at radius 3 is 2.80 bits per heavy atom. The van der Waals surface area contributed by atoms with Crippen molar-refractivity contribution in [1.29, 1.82) is 0 Å². The Morgan fingerprint density at radius 2 is 2.00 bits per heavy atom. The molecule has 3 aromatic rings. The van der Waals surface area contributed by atoms with Crippen LogP contribution in [-0.4, -0.2) is 22.8 Å². The van der Waals surface area contributed by atoms with Gasteiger partial charge in [0.15, 0.2) is 11.5 Å². The quantitative estimate of drug-likeness (QED) is 0.465. The lowest BCUT2D eigenvalue weighted by atomic mass is 10.1. The van der Waals surface area contributed by atoms with Crippen LogP contribution < -0.4 is 15.0 Å². The van der Waals surface area contributed by atoms with Gasteiger partial charge in [-0.2, -0.15) is 0 Å². The van der Waals surface area contributed by atoms with Crippen molar-refractivity contribution in [3.63, 3.8) is 0 Å². The summed E-state index contributed by atoms with van der Waals surface area (Å²) in [6.07, 6.45) is 4.91. The van der Waals surface area contributed by atoms with Gasteiger partial charge in [0.25, 0.3) is 5.56 Å². The lowest BCUT2D eigenvalue weighted by Crippen LogP contribution is -2.20. The first-order valence-electron chi connectivity index (χ1n) is 10.4. The molecule has 6 heteroatoms. The van der Waals surface area contributed by atoms with Crippen molar-refractivity contribution in [3.8, 4) is 11.5 Å². The van der Waals surface area contributed by atoms with Crippen molar-refractivity contribution in [1.82, 2.24) is 9.55 Å². The Balaban J connectivity index is 1.71. The summed E-state index contributed by atoms with van der Waals surface area (Å²) in [5, 5.41) is 1.17. The number of benzene rings is 2. The average Bonchev–Trinajstić information content (AvgIpc) is 3.12. The van der Waals surface area contributed by atoms with Crippen LogP contribution in [0, 0.1) is 0 Å². The number of hydrogen-bond donors (Lipinski definition) is 0. The zero-order chi connectivity index (χ0) is 21.1. The van der Waals surface area contributed by atoms with Gasteiger partial charge in [0.2, 0.25) is 0 Å². The Labute approximate surface area is 180 Å². The van der Waals surface area contributed by atoms with Crippen molar-refractivity contribution in [2.45, 2.75) is 39.7 Å². The number of aromatic nitrogens is 2. The van der Waals surface area contributed by atoms with Gasteiger partial charge in [-0.15, -0.1) is 0 Å². The first kappa shape index (κ1) is 20.5. The minimum Gasteiger partial charge on any atom is -0.490 e. The third kappa shape index (κ3) is 4.08. The molecule has 4 rings (SSSR count). The topological polar surface area (TPSA) is 53.4 Å². The average molecular weight is 425 g/mol. The molecule has 0 bridgehead atoms. The third-order valence-corrected chi connectivity index (χ3v) is 5.41. The van der Waals surface area contributed by atoms with Crippen molar-refractivity contribution in [2.75, 3.05) is 13.2 Å². The molecule has 156 valence electrons. The van der Waals surface area contributed by atoms with E-state index in [9.17, 15) is 4.79 Å². The van der Waals surface area contributed by atoms with Crippen LogP contribution in [0.4, 0.5) is 0 Å². The summed E-state index contributed by atoms with van der Waals surface area (Å²) in [4.78, 5) is 17.6. The molecule has 0 N–H and O–H groups in total. The number of halogens is 1.